The number of alkyl carbamates (subject to hydrolysis) is 1. The Bertz CT molecular complexity index is 918. The van der Waals surface area contributed by atoms with E-state index in [0.717, 1.165) is 6.42 Å². The van der Waals surface area contributed by atoms with Gasteiger partial charge in [0.05, 0.1) is 0 Å². The van der Waals surface area contributed by atoms with Gasteiger partial charge in [0.1, 0.15) is 23.4 Å². The van der Waals surface area contributed by atoms with Crippen LogP contribution in [-0.2, 0) is 14.3 Å². The van der Waals surface area contributed by atoms with Crippen molar-refractivity contribution in [3.63, 3.8) is 0 Å². The van der Waals surface area contributed by atoms with E-state index in [9.17, 15) is 19.5 Å². The van der Waals surface area contributed by atoms with E-state index in [1.165, 1.54) is 6.07 Å². The molecule has 0 bridgehead atoms. The van der Waals surface area contributed by atoms with E-state index in [1.807, 2.05) is 41.5 Å². The summed E-state index contributed by atoms with van der Waals surface area (Å²) >= 11 is 0. The Balaban J connectivity index is 2.55. The third kappa shape index (κ3) is 7.87. The summed E-state index contributed by atoms with van der Waals surface area (Å²) in [6.45, 7) is 16.7. The van der Waals surface area contributed by atoms with Gasteiger partial charge in [-0.25, -0.2) is 4.79 Å². The highest BCUT2D eigenvalue weighted by molar-refractivity contribution is 5.93. The molecule has 0 aliphatic heterocycles. The molecule has 2 rings (SSSR count). The van der Waals surface area contributed by atoms with Crippen molar-refractivity contribution < 1.29 is 24.2 Å². The smallest absolute Gasteiger partial charge is 0.408 e. The molecule has 5 atom stereocenters. The number of ether oxygens (including phenoxy) is 1. The first-order valence-electron chi connectivity index (χ1n) is 12.5. The largest absolute Gasteiger partial charge is 0.508 e. The topological polar surface area (TPSA) is 108 Å². The van der Waals surface area contributed by atoms with E-state index >= 15 is 0 Å². The molecule has 0 heterocycles. The number of aromatic hydroxyl groups is 1. The fraction of sp³-hybridized carbons (Fsp3) is 0.667. The van der Waals surface area contributed by atoms with Crippen LogP contribution >= 0.6 is 0 Å². The number of amides is 3. The van der Waals surface area contributed by atoms with E-state index in [-0.39, 0.29) is 35.4 Å². The molecule has 1 aromatic carbocycles. The second-order valence-electron chi connectivity index (χ2n) is 11.7. The summed E-state index contributed by atoms with van der Waals surface area (Å²) in [6.07, 6.45) is 0.687. The fourth-order valence-corrected chi connectivity index (χ4v) is 4.02. The van der Waals surface area contributed by atoms with Gasteiger partial charge >= 0.3 is 6.09 Å². The van der Waals surface area contributed by atoms with Crippen LogP contribution < -0.4 is 10.6 Å². The van der Waals surface area contributed by atoms with Gasteiger partial charge in [0, 0.05) is 17.1 Å². The molecule has 196 valence electrons. The number of carbonyl (C=O) groups excluding carboxylic acids is 3. The van der Waals surface area contributed by atoms with E-state index in [4.69, 9.17) is 4.74 Å². The molecule has 0 aromatic heterocycles. The van der Waals surface area contributed by atoms with Gasteiger partial charge in [-0.3, -0.25) is 9.59 Å². The minimum absolute atomic E-state index is 0.0622. The maximum absolute atomic E-state index is 14.2. The van der Waals surface area contributed by atoms with Gasteiger partial charge in [0.15, 0.2) is 0 Å². The SMILES string of the molecule is CCC(C)C(NC(=O)OC(C)(C)C)C(=O)N(C(C(=O)NC(C)(C)C)c1ccccc1O)C1CC1C. The van der Waals surface area contributed by atoms with Crippen LogP contribution in [0.4, 0.5) is 4.79 Å². The first kappa shape index (κ1) is 28.5. The zero-order valence-corrected chi connectivity index (χ0v) is 22.6. The van der Waals surface area contributed by atoms with Crippen molar-refractivity contribution in [2.24, 2.45) is 11.8 Å². The lowest BCUT2D eigenvalue weighted by atomic mass is 9.94. The predicted octanol–water partition coefficient (Wildman–Crippen LogP) is 4.52. The quantitative estimate of drug-likeness (QED) is 0.497. The molecule has 0 saturated heterocycles. The van der Waals surface area contributed by atoms with Crippen LogP contribution in [0, 0.1) is 11.8 Å². The van der Waals surface area contributed by atoms with E-state index in [0.29, 0.717) is 12.0 Å². The lowest BCUT2D eigenvalue weighted by molar-refractivity contribution is -0.145. The van der Waals surface area contributed by atoms with Crippen molar-refractivity contribution in [2.45, 2.75) is 104 Å². The van der Waals surface area contributed by atoms with E-state index < -0.39 is 29.3 Å². The normalized spacial score (nSPS) is 20.3. The van der Waals surface area contributed by atoms with Gasteiger partial charge in [-0.2, -0.15) is 0 Å². The summed E-state index contributed by atoms with van der Waals surface area (Å²) in [5.41, 5.74) is -0.918. The monoisotopic (exact) mass is 489 g/mol. The fourth-order valence-electron chi connectivity index (χ4n) is 4.02. The molecule has 8 heteroatoms. The molecule has 1 aromatic rings. The average Bonchev–Trinajstić information content (AvgIpc) is 3.43. The standard InChI is InChI=1S/C27H43N3O5/c1-10-16(2)21(28-25(34)35-27(7,8)9)24(33)30(19-15-17(19)3)22(23(32)29-26(4,5)6)18-13-11-12-14-20(18)31/h11-14,16-17,19,21-22,31H,10,15H2,1-9H3,(H,28,34)(H,29,32). The summed E-state index contributed by atoms with van der Waals surface area (Å²) in [4.78, 5) is 42.0. The number of para-hydroxylation sites is 1. The van der Waals surface area contributed by atoms with Crippen molar-refractivity contribution in [1.29, 1.82) is 0 Å². The van der Waals surface area contributed by atoms with Crippen LogP contribution in [-0.4, -0.2) is 51.1 Å². The zero-order chi connectivity index (χ0) is 26.7. The van der Waals surface area contributed by atoms with Crippen LogP contribution in [0.5, 0.6) is 5.75 Å². The highest BCUT2D eigenvalue weighted by Gasteiger charge is 2.49. The van der Waals surface area contributed by atoms with Gasteiger partial charge in [0.2, 0.25) is 11.8 Å². The molecule has 35 heavy (non-hydrogen) atoms. The Hall–Kier alpha value is -2.77. The number of phenolic OH excluding ortho intramolecular Hbond substituents is 1. The van der Waals surface area contributed by atoms with Crippen LogP contribution in [0.3, 0.4) is 0 Å². The Morgan fingerprint density at radius 1 is 1.14 bits per heavy atom. The third-order valence-electron chi connectivity index (χ3n) is 6.09. The van der Waals surface area contributed by atoms with Crippen molar-refractivity contribution >= 4 is 17.9 Å². The molecule has 1 aliphatic rings. The summed E-state index contributed by atoms with van der Waals surface area (Å²) in [6, 6.07) is 4.45. The molecule has 1 saturated carbocycles. The summed E-state index contributed by atoms with van der Waals surface area (Å²) < 4.78 is 5.43. The number of hydrogen-bond acceptors (Lipinski definition) is 5. The number of phenols is 1. The number of rotatable bonds is 8. The van der Waals surface area contributed by atoms with Crippen molar-refractivity contribution in [1.82, 2.24) is 15.5 Å². The minimum Gasteiger partial charge on any atom is -0.508 e. The summed E-state index contributed by atoms with van der Waals surface area (Å²) in [5.74, 6) is -0.826. The van der Waals surface area contributed by atoms with Gasteiger partial charge in [-0.1, -0.05) is 45.4 Å². The van der Waals surface area contributed by atoms with Crippen molar-refractivity contribution in [3.05, 3.63) is 29.8 Å². The Labute approximate surface area is 209 Å². The maximum atomic E-state index is 14.2. The van der Waals surface area contributed by atoms with Crippen LogP contribution in [0.25, 0.3) is 0 Å². The Morgan fingerprint density at radius 2 is 1.71 bits per heavy atom. The molecular formula is C27H43N3O5. The van der Waals surface area contributed by atoms with Gasteiger partial charge in [0.25, 0.3) is 0 Å². The van der Waals surface area contributed by atoms with Crippen molar-refractivity contribution in [2.75, 3.05) is 0 Å². The maximum Gasteiger partial charge on any atom is 0.408 e. The molecular weight excluding hydrogens is 446 g/mol. The molecule has 3 amide bonds. The molecule has 0 radical (unpaired) electrons. The zero-order valence-electron chi connectivity index (χ0n) is 22.6. The first-order valence-corrected chi connectivity index (χ1v) is 12.5. The predicted molar refractivity (Wildman–Crippen MR) is 136 cm³/mol. The van der Waals surface area contributed by atoms with Crippen LogP contribution in [0.15, 0.2) is 24.3 Å². The number of carbonyl (C=O) groups is 3. The third-order valence-corrected chi connectivity index (χ3v) is 6.09. The number of nitrogens with one attached hydrogen (secondary N) is 2. The molecule has 3 N–H and O–H groups in total. The van der Waals surface area contributed by atoms with Gasteiger partial charge in [-0.15, -0.1) is 0 Å². The molecule has 1 fully saturated rings. The number of benzene rings is 1. The van der Waals surface area contributed by atoms with Crippen LogP contribution in [0.2, 0.25) is 0 Å². The lowest BCUT2D eigenvalue weighted by Gasteiger charge is -2.37. The van der Waals surface area contributed by atoms with Crippen molar-refractivity contribution in [3.8, 4) is 5.75 Å². The summed E-state index contributed by atoms with van der Waals surface area (Å²) in [5, 5.41) is 16.4. The second-order valence-corrected chi connectivity index (χ2v) is 11.7. The molecule has 1 aliphatic carbocycles. The number of nitrogens with zero attached hydrogens (tertiary/aromatic N) is 1. The highest BCUT2D eigenvalue weighted by atomic mass is 16.6. The van der Waals surface area contributed by atoms with Gasteiger partial charge < -0.3 is 25.4 Å². The second kappa shape index (κ2) is 10.9. The van der Waals surface area contributed by atoms with E-state index in [1.54, 1.807) is 43.9 Å². The van der Waals surface area contributed by atoms with Crippen LogP contribution in [0.1, 0.15) is 86.8 Å². The number of hydrogen-bond donors (Lipinski definition) is 3. The highest BCUT2D eigenvalue weighted by Crippen LogP contribution is 2.42. The summed E-state index contributed by atoms with van der Waals surface area (Å²) in [7, 11) is 0. The first-order chi connectivity index (χ1) is 16.1. The molecule has 0 spiro atoms. The minimum atomic E-state index is -1.05. The lowest BCUT2D eigenvalue weighted by Crippen LogP contribution is -2.57. The van der Waals surface area contributed by atoms with Gasteiger partial charge in [-0.05, 0) is 65.9 Å². The average molecular weight is 490 g/mol. The Morgan fingerprint density at radius 3 is 2.17 bits per heavy atom. The Kier molecular flexibility index (Phi) is 8.84. The molecule has 8 nitrogen and oxygen atoms in total. The van der Waals surface area contributed by atoms with E-state index in [2.05, 4.69) is 10.6 Å². The molecule has 5 unspecified atom stereocenters.